The second-order valence-electron chi connectivity index (χ2n) is 3.66. The summed E-state index contributed by atoms with van der Waals surface area (Å²) in [5, 5.41) is 12.2. The van der Waals surface area contributed by atoms with Gasteiger partial charge >= 0.3 is 5.97 Å². The number of aromatic nitrogens is 2. The van der Waals surface area contributed by atoms with Crippen LogP contribution in [0.4, 0.5) is 5.82 Å². The van der Waals surface area contributed by atoms with E-state index in [1.54, 1.807) is 6.92 Å². The van der Waals surface area contributed by atoms with Crippen LogP contribution in [0.15, 0.2) is 0 Å². The molecule has 0 aromatic carbocycles. The Morgan fingerprint density at radius 3 is 2.75 bits per heavy atom. The van der Waals surface area contributed by atoms with Gasteiger partial charge in [-0.25, -0.2) is 14.8 Å². The lowest BCUT2D eigenvalue weighted by Crippen LogP contribution is -2.44. The van der Waals surface area contributed by atoms with Gasteiger partial charge in [0.1, 0.15) is 5.82 Å². The van der Waals surface area contributed by atoms with Gasteiger partial charge in [0.05, 0.1) is 0 Å². The van der Waals surface area contributed by atoms with Crippen LogP contribution >= 0.6 is 0 Å². The number of hydrogen-bond acceptors (Lipinski definition) is 5. The molecule has 1 fully saturated rings. The third kappa shape index (κ3) is 1.96. The number of nitrogens with zero attached hydrogens (tertiary/aromatic N) is 3. The minimum Gasteiger partial charge on any atom is -0.476 e. The number of hydrogen-bond donors (Lipinski definition) is 2. The summed E-state index contributed by atoms with van der Waals surface area (Å²) in [4.78, 5) is 20.7. The second-order valence-corrected chi connectivity index (χ2v) is 3.66. The second kappa shape index (κ2) is 4.44. The molecule has 1 aliphatic heterocycles. The Kier molecular flexibility index (Phi) is 3.00. The van der Waals surface area contributed by atoms with E-state index < -0.39 is 5.97 Å². The van der Waals surface area contributed by atoms with Gasteiger partial charge in [0.15, 0.2) is 5.69 Å². The van der Waals surface area contributed by atoms with E-state index in [-0.39, 0.29) is 5.69 Å². The summed E-state index contributed by atoms with van der Waals surface area (Å²) in [6.45, 7) is 5.14. The van der Waals surface area contributed by atoms with E-state index in [4.69, 9.17) is 5.11 Å². The summed E-state index contributed by atoms with van der Waals surface area (Å²) in [7, 11) is 0. The average molecular weight is 221 g/mol. The lowest BCUT2D eigenvalue weighted by molar-refractivity contribution is 0.0689. The molecule has 0 saturated carbocycles. The molecular weight excluding hydrogens is 208 g/mol. The number of piperazine rings is 1. The fraction of sp³-hybridized carbons (Fsp3) is 0.500. The summed E-state index contributed by atoms with van der Waals surface area (Å²) in [5.74, 6) is -0.360. The normalized spacial score (nSPS) is 16.2. The zero-order valence-corrected chi connectivity index (χ0v) is 9.03. The van der Waals surface area contributed by atoms with Gasteiger partial charge in [-0.1, -0.05) is 0 Å². The van der Waals surface area contributed by atoms with E-state index in [1.165, 1.54) is 0 Å². The molecule has 0 atom stereocenters. The summed E-state index contributed by atoms with van der Waals surface area (Å²) in [5.41, 5.74) is 0.636. The fourth-order valence-electron chi connectivity index (χ4n) is 1.79. The molecule has 0 bridgehead atoms. The van der Waals surface area contributed by atoms with Crippen LogP contribution in [0, 0.1) is 13.3 Å². The van der Waals surface area contributed by atoms with Gasteiger partial charge in [0, 0.05) is 31.7 Å². The number of carbonyl (C=O) groups is 1. The molecule has 85 valence electrons. The lowest BCUT2D eigenvalue weighted by Gasteiger charge is -2.29. The molecule has 6 heteroatoms. The number of rotatable bonds is 2. The smallest absolute Gasteiger partial charge is 0.354 e. The van der Waals surface area contributed by atoms with Crippen molar-refractivity contribution in [3.8, 4) is 0 Å². The highest BCUT2D eigenvalue weighted by Gasteiger charge is 2.19. The van der Waals surface area contributed by atoms with Crippen LogP contribution in [0.1, 0.15) is 16.1 Å². The highest BCUT2D eigenvalue weighted by molar-refractivity contribution is 5.88. The van der Waals surface area contributed by atoms with Gasteiger partial charge in [-0.2, -0.15) is 0 Å². The first kappa shape index (κ1) is 10.8. The van der Waals surface area contributed by atoms with E-state index in [2.05, 4.69) is 26.5 Å². The summed E-state index contributed by atoms with van der Waals surface area (Å²) in [6, 6.07) is 0. The van der Waals surface area contributed by atoms with Crippen molar-refractivity contribution in [1.29, 1.82) is 0 Å². The minimum atomic E-state index is -1.03. The van der Waals surface area contributed by atoms with Gasteiger partial charge < -0.3 is 15.3 Å². The van der Waals surface area contributed by atoms with Crippen LogP contribution in [0.2, 0.25) is 0 Å². The van der Waals surface area contributed by atoms with Crippen LogP contribution < -0.4 is 10.2 Å². The number of anilines is 1. The quantitative estimate of drug-likeness (QED) is 0.713. The maximum absolute atomic E-state index is 10.9. The maximum Gasteiger partial charge on any atom is 0.354 e. The highest BCUT2D eigenvalue weighted by Crippen LogP contribution is 2.18. The monoisotopic (exact) mass is 221 g/mol. The first-order valence-corrected chi connectivity index (χ1v) is 5.14. The van der Waals surface area contributed by atoms with Crippen LogP contribution in [-0.4, -0.2) is 47.2 Å². The molecule has 1 radical (unpaired) electrons. The Morgan fingerprint density at radius 2 is 2.12 bits per heavy atom. The SMILES string of the molecule is Cc1c(C(=O)O)n[c]nc1N1CCNCC1. The van der Waals surface area contributed by atoms with Gasteiger partial charge in [-0.05, 0) is 6.92 Å². The summed E-state index contributed by atoms with van der Waals surface area (Å²) in [6.07, 6.45) is 2.41. The predicted molar refractivity (Wildman–Crippen MR) is 57.6 cm³/mol. The summed E-state index contributed by atoms with van der Waals surface area (Å²) < 4.78 is 0. The number of aromatic carboxylic acids is 1. The van der Waals surface area contributed by atoms with Crippen molar-refractivity contribution in [2.45, 2.75) is 6.92 Å². The van der Waals surface area contributed by atoms with Crippen molar-refractivity contribution < 1.29 is 9.90 Å². The molecule has 16 heavy (non-hydrogen) atoms. The van der Waals surface area contributed by atoms with E-state index in [0.29, 0.717) is 11.4 Å². The molecule has 1 aromatic heterocycles. The van der Waals surface area contributed by atoms with Crippen LogP contribution in [0.3, 0.4) is 0 Å². The Hall–Kier alpha value is -1.69. The largest absolute Gasteiger partial charge is 0.476 e. The average Bonchev–Trinajstić information content (AvgIpc) is 2.30. The molecule has 0 spiro atoms. The minimum absolute atomic E-state index is 0.0310. The molecule has 1 aliphatic rings. The topological polar surface area (TPSA) is 78.3 Å². The predicted octanol–water partition coefficient (Wildman–Crippen LogP) is -0.307. The van der Waals surface area contributed by atoms with E-state index in [0.717, 1.165) is 26.2 Å². The zero-order chi connectivity index (χ0) is 11.5. The van der Waals surface area contributed by atoms with Crippen molar-refractivity contribution >= 4 is 11.8 Å². The zero-order valence-electron chi connectivity index (χ0n) is 9.03. The van der Waals surface area contributed by atoms with Crippen molar-refractivity contribution in [2.24, 2.45) is 0 Å². The molecule has 1 aromatic rings. The van der Waals surface area contributed by atoms with Gasteiger partial charge in [-0.3, -0.25) is 0 Å². The molecule has 6 nitrogen and oxygen atoms in total. The van der Waals surface area contributed by atoms with Crippen molar-refractivity contribution in [3.05, 3.63) is 17.6 Å². The molecule has 0 unspecified atom stereocenters. The molecule has 2 heterocycles. The van der Waals surface area contributed by atoms with E-state index >= 15 is 0 Å². The Morgan fingerprint density at radius 1 is 1.44 bits per heavy atom. The van der Waals surface area contributed by atoms with E-state index in [1.807, 2.05) is 0 Å². The maximum atomic E-state index is 10.9. The van der Waals surface area contributed by atoms with Crippen molar-refractivity contribution in [2.75, 3.05) is 31.1 Å². The molecule has 2 rings (SSSR count). The molecule has 0 aliphatic carbocycles. The van der Waals surface area contributed by atoms with Crippen LogP contribution in [-0.2, 0) is 0 Å². The highest BCUT2D eigenvalue weighted by atomic mass is 16.4. The van der Waals surface area contributed by atoms with Crippen LogP contribution in [0.25, 0.3) is 0 Å². The first-order valence-electron chi connectivity index (χ1n) is 5.14. The molecular formula is C10H13N4O2. The number of nitrogens with one attached hydrogen (secondary N) is 1. The fourth-order valence-corrected chi connectivity index (χ4v) is 1.79. The van der Waals surface area contributed by atoms with Gasteiger partial charge in [0.2, 0.25) is 6.33 Å². The first-order chi connectivity index (χ1) is 7.70. The molecule has 1 saturated heterocycles. The number of carboxylic acid groups (broad SMARTS) is 1. The van der Waals surface area contributed by atoms with E-state index in [9.17, 15) is 4.79 Å². The lowest BCUT2D eigenvalue weighted by atomic mass is 10.2. The number of carboxylic acids is 1. The Balaban J connectivity index is 2.33. The molecule has 0 amide bonds. The van der Waals surface area contributed by atoms with Crippen LogP contribution in [0.5, 0.6) is 0 Å². The van der Waals surface area contributed by atoms with Gasteiger partial charge in [0.25, 0.3) is 0 Å². The third-order valence-electron chi connectivity index (χ3n) is 2.63. The van der Waals surface area contributed by atoms with Crippen molar-refractivity contribution in [3.63, 3.8) is 0 Å². The standard InChI is InChI=1S/C10H13N4O2/c1-7-8(10(15)16)12-6-13-9(7)14-4-2-11-3-5-14/h11H,2-5H2,1H3,(H,15,16). The Bertz CT molecular complexity index is 402. The van der Waals surface area contributed by atoms with Gasteiger partial charge in [-0.15, -0.1) is 0 Å². The third-order valence-corrected chi connectivity index (χ3v) is 2.63. The Labute approximate surface area is 93.3 Å². The summed E-state index contributed by atoms with van der Waals surface area (Å²) >= 11 is 0. The molecule has 2 N–H and O–H groups in total. The van der Waals surface area contributed by atoms with Crippen molar-refractivity contribution in [1.82, 2.24) is 15.3 Å².